The zero-order chi connectivity index (χ0) is 26.9. The molecular formula is C30H41NO6. The van der Waals surface area contributed by atoms with Crippen LogP contribution in [0.4, 0.5) is 0 Å². The summed E-state index contributed by atoms with van der Waals surface area (Å²) in [6.45, 7) is 15.4. The third-order valence-electron chi connectivity index (χ3n) is 6.01. The van der Waals surface area contributed by atoms with Gasteiger partial charge in [-0.15, -0.1) is 0 Å². The van der Waals surface area contributed by atoms with E-state index in [2.05, 4.69) is 59.7 Å². The van der Waals surface area contributed by atoms with Gasteiger partial charge in [0.15, 0.2) is 23.0 Å². The Bertz CT molecular complexity index is 1050. The first-order chi connectivity index (χ1) is 17.6. The van der Waals surface area contributed by atoms with Crippen molar-refractivity contribution in [1.29, 1.82) is 5.26 Å². The Morgan fingerprint density at radius 1 is 0.730 bits per heavy atom. The van der Waals surface area contributed by atoms with Crippen LogP contribution in [0.5, 0.6) is 23.0 Å². The number of hydrogen-bond acceptors (Lipinski definition) is 7. The first kappa shape index (κ1) is 28.6. The summed E-state index contributed by atoms with van der Waals surface area (Å²) in [6, 6.07) is 14.1. The van der Waals surface area contributed by atoms with Crippen LogP contribution in [0.3, 0.4) is 0 Å². The topological polar surface area (TPSA) is 79.2 Å². The molecule has 0 amide bonds. The number of benzene rings is 2. The molecule has 1 heterocycles. The zero-order valence-electron chi connectivity index (χ0n) is 23.1. The average Bonchev–Trinajstić information content (AvgIpc) is 2.83. The van der Waals surface area contributed by atoms with Crippen LogP contribution >= 0.6 is 0 Å². The maximum Gasteiger partial charge on any atom is 0.161 e. The van der Waals surface area contributed by atoms with E-state index in [-0.39, 0.29) is 24.0 Å². The fourth-order valence-electron chi connectivity index (χ4n) is 3.72. The van der Waals surface area contributed by atoms with Gasteiger partial charge < -0.3 is 28.4 Å². The number of rotatable bonds is 3. The Kier molecular flexibility index (Phi) is 10.1. The van der Waals surface area contributed by atoms with Crippen molar-refractivity contribution in [2.45, 2.75) is 64.9 Å². The summed E-state index contributed by atoms with van der Waals surface area (Å²) >= 11 is 0. The Labute approximate surface area is 221 Å². The summed E-state index contributed by atoms with van der Waals surface area (Å²) < 4.78 is 36.2. The lowest BCUT2D eigenvalue weighted by Crippen LogP contribution is -2.29. The maximum atomic E-state index is 8.98. The molecule has 1 unspecified atom stereocenters. The number of nitrogens with zero attached hydrogens (tertiary/aromatic N) is 1. The van der Waals surface area contributed by atoms with Gasteiger partial charge in [0.1, 0.15) is 32.5 Å². The van der Waals surface area contributed by atoms with Crippen LogP contribution in [0, 0.1) is 11.3 Å². The largest absolute Gasteiger partial charge is 0.487 e. The highest BCUT2D eigenvalue weighted by molar-refractivity contribution is 5.46. The molecule has 202 valence electrons. The second-order valence-corrected chi connectivity index (χ2v) is 11.2. The van der Waals surface area contributed by atoms with Gasteiger partial charge in [0, 0.05) is 0 Å². The molecule has 0 spiro atoms. The van der Waals surface area contributed by atoms with Crippen LogP contribution in [0.1, 0.15) is 59.1 Å². The second-order valence-electron chi connectivity index (χ2n) is 11.2. The van der Waals surface area contributed by atoms with Gasteiger partial charge in [-0.3, -0.25) is 0 Å². The molecule has 7 nitrogen and oxygen atoms in total. The van der Waals surface area contributed by atoms with Gasteiger partial charge in [-0.1, -0.05) is 53.7 Å². The zero-order valence-corrected chi connectivity index (χ0v) is 23.1. The SMILES string of the molecule is CC(C)(C)c1ccc2c(c1)OCCOCCOc1ccc(C(C)(C)C)cc1OCC(OCCC#N)CO2. The highest BCUT2D eigenvalue weighted by Crippen LogP contribution is 2.35. The summed E-state index contributed by atoms with van der Waals surface area (Å²) in [5.41, 5.74) is 2.21. The molecular weight excluding hydrogens is 470 g/mol. The van der Waals surface area contributed by atoms with Crippen LogP contribution in [0.15, 0.2) is 36.4 Å². The van der Waals surface area contributed by atoms with E-state index in [1.165, 1.54) is 0 Å². The molecule has 0 saturated carbocycles. The Morgan fingerprint density at radius 3 is 1.76 bits per heavy atom. The average molecular weight is 512 g/mol. The van der Waals surface area contributed by atoms with Crippen molar-refractivity contribution in [2.75, 3.05) is 46.2 Å². The number of fused-ring (bicyclic) bond motifs is 2. The van der Waals surface area contributed by atoms with Gasteiger partial charge in [-0.05, 0) is 46.2 Å². The molecule has 3 rings (SSSR count). The molecule has 2 aromatic carbocycles. The van der Waals surface area contributed by atoms with Gasteiger partial charge >= 0.3 is 0 Å². The minimum Gasteiger partial charge on any atom is -0.487 e. The van der Waals surface area contributed by atoms with Crippen molar-refractivity contribution in [1.82, 2.24) is 0 Å². The smallest absolute Gasteiger partial charge is 0.161 e. The molecule has 7 heteroatoms. The quantitative estimate of drug-likeness (QED) is 0.480. The van der Waals surface area contributed by atoms with Crippen molar-refractivity contribution >= 4 is 0 Å². The molecule has 0 bridgehead atoms. The van der Waals surface area contributed by atoms with Gasteiger partial charge in [0.25, 0.3) is 0 Å². The monoisotopic (exact) mass is 511 g/mol. The predicted octanol–water partition coefficient (Wildman–Crippen LogP) is 5.83. The second kappa shape index (κ2) is 13.0. The molecule has 0 fully saturated rings. The maximum absolute atomic E-state index is 8.98. The molecule has 0 aliphatic carbocycles. The van der Waals surface area contributed by atoms with E-state index in [0.29, 0.717) is 62.5 Å². The minimum absolute atomic E-state index is 0.0302. The fraction of sp³-hybridized carbons (Fsp3) is 0.567. The molecule has 2 aromatic rings. The van der Waals surface area contributed by atoms with Gasteiger partial charge in [-0.2, -0.15) is 5.26 Å². The highest BCUT2D eigenvalue weighted by atomic mass is 16.6. The Morgan fingerprint density at radius 2 is 1.22 bits per heavy atom. The third-order valence-corrected chi connectivity index (χ3v) is 6.01. The van der Waals surface area contributed by atoms with Crippen LogP contribution in [0.25, 0.3) is 0 Å². The van der Waals surface area contributed by atoms with E-state index in [4.69, 9.17) is 33.7 Å². The van der Waals surface area contributed by atoms with Crippen molar-refractivity contribution in [2.24, 2.45) is 0 Å². The lowest BCUT2D eigenvalue weighted by atomic mass is 9.87. The molecule has 1 aliphatic heterocycles. The number of ether oxygens (including phenoxy) is 6. The lowest BCUT2D eigenvalue weighted by molar-refractivity contribution is -0.00675. The van der Waals surface area contributed by atoms with Crippen LogP contribution in [-0.4, -0.2) is 52.4 Å². The van der Waals surface area contributed by atoms with Gasteiger partial charge in [0.2, 0.25) is 0 Å². The standard InChI is InChI=1S/C30H41NO6/c1-29(2,3)22-9-11-26-27(18-22)35-17-15-32-14-16-34-25-10-8-23(30(4,5)6)19-28(25)37-21-24(20-36-26)33-13-7-12-31/h8-11,18-19,24H,7,13-17,20-21H2,1-6H3. The van der Waals surface area contributed by atoms with E-state index in [9.17, 15) is 0 Å². The summed E-state index contributed by atoms with van der Waals surface area (Å²) in [5.74, 6) is 2.59. The fourth-order valence-corrected chi connectivity index (χ4v) is 3.72. The molecule has 0 radical (unpaired) electrons. The van der Waals surface area contributed by atoms with Crippen molar-refractivity contribution in [3.63, 3.8) is 0 Å². The minimum atomic E-state index is -0.397. The molecule has 0 N–H and O–H groups in total. The van der Waals surface area contributed by atoms with Crippen LogP contribution in [0.2, 0.25) is 0 Å². The normalized spacial score (nSPS) is 17.6. The molecule has 1 aliphatic rings. The number of hydrogen-bond donors (Lipinski definition) is 0. The molecule has 0 aromatic heterocycles. The number of nitriles is 1. The van der Waals surface area contributed by atoms with Crippen molar-refractivity contribution in [3.05, 3.63) is 47.5 Å². The molecule has 0 saturated heterocycles. The van der Waals surface area contributed by atoms with E-state index >= 15 is 0 Å². The first-order valence-electron chi connectivity index (χ1n) is 12.9. The van der Waals surface area contributed by atoms with Gasteiger partial charge in [0.05, 0.1) is 32.3 Å². The van der Waals surface area contributed by atoms with Crippen LogP contribution < -0.4 is 18.9 Å². The molecule has 1 atom stereocenters. The van der Waals surface area contributed by atoms with E-state index in [0.717, 1.165) is 11.1 Å². The summed E-state index contributed by atoms with van der Waals surface area (Å²) in [7, 11) is 0. The Hall–Kier alpha value is -2.95. The summed E-state index contributed by atoms with van der Waals surface area (Å²) in [4.78, 5) is 0. The lowest BCUT2D eigenvalue weighted by Gasteiger charge is -2.24. The van der Waals surface area contributed by atoms with E-state index in [1.807, 2.05) is 24.3 Å². The van der Waals surface area contributed by atoms with E-state index in [1.54, 1.807) is 0 Å². The Balaban J connectivity index is 1.86. The van der Waals surface area contributed by atoms with Crippen molar-refractivity contribution in [3.8, 4) is 29.1 Å². The third kappa shape index (κ3) is 8.84. The summed E-state index contributed by atoms with van der Waals surface area (Å²) in [6.07, 6.45) is -0.107. The van der Waals surface area contributed by atoms with E-state index < -0.39 is 6.10 Å². The van der Waals surface area contributed by atoms with Crippen LogP contribution in [-0.2, 0) is 20.3 Å². The van der Waals surface area contributed by atoms with Crippen molar-refractivity contribution < 1.29 is 28.4 Å². The highest BCUT2D eigenvalue weighted by Gasteiger charge is 2.21. The summed E-state index contributed by atoms with van der Waals surface area (Å²) in [5, 5.41) is 8.98. The predicted molar refractivity (Wildman–Crippen MR) is 143 cm³/mol. The first-order valence-corrected chi connectivity index (χ1v) is 12.9. The van der Waals surface area contributed by atoms with Gasteiger partial charge in [-0.25, -0.2) is 0 Å². The molecule has 37 heavy (non-hydrogen) atoms.